The van der Waals surface area contributed by atoms with Crippen molar-refractivity contribution in [3.8, 4) is 17.0 Å². The minimum Gasteiger partial charge on any atom is -0.508 e. The number of aromatic hydroxyl groups is 1. The molecule has 0 atom stereocenters. The molecule has 0 spiro atoms. The van der Waals surface area contributed by atoms with Crippen LogP contribution in [0.1, 0.15) is 18.1 Å². The zero-order chi connectivity index (χ0) is 23.7. The normalized spacial score (nSPS) is 15.2. The number of nitrogens with one attached hydrogen (secondary N) is 1. The van der Waals surface area contributed by atoms with Crippen LogP contribution in [0.3, 0.4) is 0 Å². The van der Waals surface area contributed by atoms with Crippen molar-refractivity contribution < 1.29 is 14.6 Å². The molecular weight excluding hydrogens is 430 g/mol. The molecule has 0 bridgehead atoms. The van der Waals surface area contributed by atoms with Crippen LogP contribution < -0.4 is 15.1 Å². The highest BCUT2D eigenvalue weighted by atomic mass is 16.5. The monoisotopic (exact) mass is 457 g/mol. The molecule has 3 heterocycles. The lowest BCUT2D eigenvalue weighted by molar-refractivity contribution is -0.114. The molecule has 2 aliphatic rings. The van der Waals surface area contributed by atoms with Gasteiger partial charge < -0.3 is 25.0 Å². The van der Waals surface area contributed by atoms with Gasteiger partial charge in [0.15, 0.2) is 0 Å². The smallest absolute Gasteiger partial charge is 0.228 e. The second kappa shape index (κ2) is 9.15. The Bertz CT molecular complexity index is 1240. The fourth-order valence-corrected chi connectivity index (χ4v) is 4.41. The SMILES string of the molecule is C=C(c1ccc(NC(C)=O)cc1)N1CCc2c(-c3cccc(O)c3)nc(N3CCOCC3)nc21. The third-order valence-corrected chi connectivity index (χ3v) is 6.09. The number of carbonyl (C=O) groups is 1. The lowest BCUT2D eigenvalue weighted by atomic mass is 10.1. The molecule has 0 saturated carbocycles. The molecule has 5 rings (SSSR count). The van der Waals surface area contributed by atoms with Crippen molar-refractivity contribution in [2.45, 2.75) is 13.3 Å². The van der Waals surface area contributed by atoms with E-state index in [9.17, 15) is 9.90 Å². The Morgan fingerprint density at radius 1 is 1.09 bits per heavy atom. The molecule has 0 unspecified atom stereocenters. The Morgan fingerprint density at radius 3 is 2.56 bits per heavy atom. The predicted octanol–water partition coefficient (Wildman–Crippen LogP) is 3.68. The van der Waals surface area contributed by atoms with Gasteiger partial charge in [0.2, 0.25) is 11.9 Å². The van der Waals surface area contributed by atoms with E-state index in [1.54, 1.807) is 12.1 Å². The molecule has 1 amide bonds. The molecule has 1 saturated heterocycles. The first kappa shape index (κ1) is 21.9. The number of aromatic nitrogens is 2. The van der Waals surface area contributed by atoms with Gasteiger partial charge in [0.25, 0.3) is 0 Å². The van der Waals surface area contributed by atoms with Crippen LogP contribution in [0.2, 0.25) is 0 Å². The van der Waals surface area contributed by atoms with Crippen molar-refractivity contribution in [2.24, 2.45) is 0 Å². The summed E-state index contributed by atoms with van der Waals surface area (Å²) in [6, 6.07) is 14.8. The number of amides is 1. The van der Waals surface area contributed by atoms with E-state index in [4.69, 9.17) is 14.7 Å². The highest BCUT2D eigenvalue weighted by Gasteiger charge is 2.30. The van der Waals surface area contributed by atoms with Crippen LogP contribution in [-0.4, -0.2) is 53.8 Å². The van der Waals surface area contributed by atoms with Gasteiger partial charge in [-0.05, 0) is 36.2 Å². The second-order valence-electron chi connectivity index (χ2n) is 8.43. The van der Waals surface area contributed by atoms with Crippen molar-refractivity contribution in [3.05, 3.63) is 66.2 Å². The van der Waals surface area contributed by atoms with Crippen LogP contribution in [0.5, 0.6) is 5.75 Å². The van der Waals surface area contributed by atoms with Crippen LogP contribution in [0.4, 0.5) is 17.5 Å². The van der Waals surface area contributed by atoms with E-state index in [2.05, 4.69) is 21.7 Å². The highest BCUT2D eigenvalue weighted by molar-refractivity contribution is 5.89. The first-order valence-corrected chi connectivity index (χ1v) is 11.4. The van der Waals surface area contributed by atoms with Gasteiger partial charge in [-0.3, -0.25) is 4.79 Å². The van der Waals surface area contributed by atoms with Gasteiger partial charge >= 0.3 is 0 Å². The molecule has 8 heteroatoms. The molecule has 8 nitrogen and oxygen atoms in total. The molecule has 2 aliphatic heterocycles. The van der Waals surface area contributed by atoms with Gasteiger partial charge in [0.1, 0.15) is 11.6 Å². The van der Waals surface area contributed by atoms with Gasteiger partial charge in [-0.1, -0.05) is 30.8 Å². The summed E-state index contributed by atoms with van der Waals surface area (Å²) in [7, 11) is 0. The number of phenols is 1. The first-order chi connectivity index (χ1) is 16.5. The van der Waals surface area contributed by atoms with E-state index in [-0.39, 0.29) is 11.7 Å². The summed E-state index contributed by atoms with van der Waals surface area (Å²) in [6.45, 7) is 9.31. The molecule has 0 aliphatic carbocycles. The molecule has 174 valence electrons. The van der Waals surface area contributed by atoms with Gasteiger partial charge in [-0.25, -0.2) is 4.98 Å². The van der Waals surface area contributed by atoms with E-state index in [0.29, 0.717) is 19.2 Å². The summed E-state index contributed by atoms with van der Waals surface area (Å²) in [4.78, 5) is 25.5. The van der Waals surface area contributed by atoms with Crippen LogP contribution in [0, 0.1) is 0 Å². The number of morpholine rings is 1. The number of ether oxygens (including phenoxy) is 1. The lowest BCUT2D eigenvalue weighted by Crippen LogP contribution is -2.37. The highest BCUT2D eigenvalue weighted by Crippen LogP contribution is 2.39. The number of fused-ring (bicyclic) bond motifs is 1. The van der Waals surface area contributed by atoms with Crippen LogP contribution in [0.25, 0.3) is 17.0 Å². The number of phenolic OH excluding ortho intramolecular Hbond substituents is 1. The van der Waals surface area contributed by atoms with Crippen LogP contribution in [0.15, 0.2) is 55.1 Å². The molecule has 2 N–H and O–H groups in total. The largest absolute Gasteiger partial charge is 0.508 e. The summed E-state index contributed by atoms with van der Waals surface area (Å²) < 4.78 is 5.51. The van der Waals surface area contributed by atoms with Crippen molar-refractivity contribution in [3.63, 3.8) is 0 Å². The quantitative estimate of drug-likeness (QED) is 0.604. The maximum atomic E-state index is 11.3. The summed E-state index contributed by atoms with van der Waals surface area (Å²) in [5, 5.41) is 12.9. The number of hydrogen-bond donors (Lipinski definition) is 2. The summed E-state index contributed by atoms with van der Waals surface area (Å²) in [5.41, 5.74) is 5.26. The zero-order valence-electron chi connectivity index (χ0n) is 19.1. The molecule has 1 fully saturated rings. The summed E-state index contributed by atoms with van der Waals surface area (Å²) in [6.07, 6.45) is 0.771. The van der Waals surface area contributed by atoms with E-state index in [1.165, 1.54) is 6.92 Å². The summed E-state index contributed by atoms with van der Waals surface area (Å²) >= 11 is 0. The summed E-state index contributed by atoms with van der Waals surface area (Å²) in [5.74, 6) is 1.59. The maximum absolute atomic E-state index is 11.3. The van der Waals surface area contributed by atoms with Crippen LogP contribution in [-0.2, 0) is 16.0 Å². The Morgan fingerprint density at radius 2 is 1.85 bits per heavy atom. The molecule has 3 aromatic rings. The molecule has 34 heavy (non-hydrogen) atoms. The van der Waals surface area contributed by atoms with E-state index >= 15 is 0 Å². The number of carbonyl (C=O) groups excluding carboxylic acids is 1. The minimum atomic E-state index is -0.105. The molecular formula is C26H27N5O3. The average molecular weight is 458 g/mol. The van der Waals surface area contributed by atoms with Gasteiger partial charge in [-0.2, -0.15) is 4.98 Å². The van der Waals surface area contributed by atoms with E-state index in [1.807, 2.05) is 36.4 Å². The van der Waals surface area contributed by atoms with Gasteiger partial charge in [-0.15, -0.1) is 0 Å². The Kier molecular flexibility index (Phi) is 5.90. The molecule has 0 radical (unpaired) electrons. The minimum absolute atomic E-state index is 0.105. The van der Waals surface area contributed by atoms with Crippen molar-refractivity contribution >= 4 is 29.1 Å². The number of anilines is 3. The Labute approximate surface area is 198 Å². The van der Waals surface area contributed by atoms with Crippen LogP contribution >= 0.6 is 0 Å². The standard InChI is InChI=1S/C26H27N5O3/c1-17(19-6-8-21(9-7-19)27-18(2)32)31-11-10-23-24(20-4-3-5-22(33)16-20)28-26(29-25(23)31)30-12-14-34-15-13-30/h3-9,16,33H,1,10-15H2,2H3,(H,27,32). The number of benzene rings is 2. The van der Waals surface area contributed by atoms with E-state index < -0.39 is 0 Å². The Balaban J connectivity index is 1.54. The molecule has 1 aromatic heterocycles. The second-order valence-corrected chi connectivity index (χ2v) is 8.43. The van der Waals surface area contributed by atoms with Gasteiger partial charge in [0, 0.05) is 49.1 Å². The van der Waals surface area contributed by atoms with Crippen molar-refractivity contribution in [2.75, 3.05) is 48.0 Å². The van der Waals surface area contributed by atoms with E-state index in [0.717, 1.165) is 65.6 Å². The maximum Gasteiger partial charge on any atom is 0.228 e. The first-order valence-electron chi connectivity index (χ1n) is 11.4. The van der Waals surface area contributed by atoms with Crippen molar-refractivity contribution in [1.29, 1.82) is 0 Å². The average Bonchev–Trinajstić information content (AvgIpc) is 3.28. The number of rotatable bonds is 5. The Hall–Kier alpha value is -3.91. The fraction of sp³-hybridized carbons (Fsp3) is 0.269. The lowest BCUT2D eigenvalue weighted by Gasteiger charge is -2.29. The molecule has 2 aromatic carbocycles. The van der Waals surface area contributed by atoms with Gasteiger partial charge in [0.05, 0.1) is 18.9 Å². The number of hydrogen-bond acceptors (Lipinski definition) is 7. The predicted molar refractivity (Wildman–Crippen MR) is 133 cm³/mol. The number of nitrogens with zero attached hydrogens (tertiary/aromatic N) is 4. The van der Waals surface area contributed by atoms with Crippen molar-refractivity contribution in [1.82, 2.24) is 9.97 Å². The fourth-order valence-electron chi connectivity index (χ4n) is 4.41. The third-order valence-electron chi connectivity index (χ3n) is 6.09. The zero-order valence-corrected chi connectivity index (χ0v) is 19.1. The third kappa shape index (κ3) is 4.32. The topological polar surface area (TPSA) is 90.8 Å².